The summed E-state index contributed by atoms with van der Waals surface area (Å²) in [6, 6.07) is 13.9. The Balaban J connectivity index is 1.75. The molecule has 0 radical (unpaired) electrons. The molecule has 2 aromatic carbocycles. The summed E-state index contributed by atoms with van der Waals surface area (Å²) in [5.41, 5.74) is 2.64. The molecule has 1 aromatic heterocycles. The largest absolute Gasteiger partial charge is 0.325 e. The van der Waals surface area contributed by atoms with E-state index in [9.17, 15) is 18.0 Å². The van der Waals surface area contributed by atoms with Crippen molar-refractivity contribution >= 4 is 21.6 Å². The maximum atomic E-state index is 12.9. The number of aryl methyl sites for hydroxylation is 1. The molecule has 3 rings (SSSR count). The second-order valence-electron chi connectivity index (χ2n) is 7.86. The van der Waals surface area contributed by atoms with Crippen LogP contribution in [0.2, 0.25) is 0 Å². The van der Waals surface area contributed by atoms with Gasteiger partial charge in [-0.25, -0.2) is 8.42 Å². The summed E-state index contributed by atoms with van der Waals surface area (Å²) in [5, 5.41) is 8.00. The monoisotopic (exact) mass is 442 g/mol. The minimum Gasteiger partial charge on any atom is -0.325 e. The fourth-order valence-corrected chi connectivity index (χ4v) is 4.31. The Morgan fingerprint density at radius 1 is 1.00 bits per heavy atom. The molecule has 0 aliphatic carbocycles. The molecular formula is C22H26N4O4S. The van der Waals surface area contributed by atoms with Crippen molar-refractivity contribution in [3.05, 3.63) is 70.5 Å². The quantitative estimate of drug-likeness (QED) is 0.428. The normalized spacial score (nSPS) is 12.6. The van der Waals surface area contributed by atoms with Crippen molar-refractivity contribution in [3.8, 4) is 11.3 Å². The van der Waals surface area contributed by atoms with Crippen LogP contribution < -0.4 is 15.6 Å². The summed E-state index contributed by atoms with van der Waals surface area (Å²) in [7, 11) is -3.85. The molecule has 0 fully saturated rings. The van der Waals surface area contributed by atoms with Crippen LogP contribution in [0.4, 0.5) is 5.69 Å². The Morgan fingerprint density at radius 2 is 1.65 bits per heavy atom. The molecule has 0 bridgehead atoms. The molecule has 0 saturated heterocycles. The lowest BCUT2D eigenvalue weighted by atomic mass is 10.0. The van der Waals surface area contributed by atoms with Crippen molar-refractivity contribution in [1.82, 2.24) is 14.9 Å². The SMILES string of the molecule is Cc1ccc(S(=O)(=O)NC(CC(C)C)C(=O)Nc2ccc(-c3cc(=O)[nH][nH]3)cc2)cc1. The first-order valence-electron chi connectivity index (χ1n) is 9.92. The van der Waals surface area contributed by atoms with Gasteiger partial charge in [-0.05, 0) is 49.1 Å². The van der Waals surface area contributed by atoms with E-state index in [1.54, 1.807) is 36.4 Å². The molecule has 9 heteroatoms. The highest BCUT2D eigenvalue weighted by Crippen LogP contribution is 2.19. The molecular weight excluding hydrogens is 416 g/mol. The minimum absolute atomic E-state index is 0.101. The van der Waals surface area contributed by atoms with Gasteiger partial charge >= 0.3 is 0 Å². The zero-order valence-corrected chi connectivity index (χ0v) is 18.4. The molecule has 164 valence electrons. The third-order valence-corrected chi connectivity index (χ3v) is 6.20. The number of carbonyl (C=O) groups is 1. The average molecular weight is 443 g/mol. The number of hydrogen-bond donors (Lipinski definition) is 4. The first-order valence-corrected chi connectivity index (χ1v) is 11.4. The number of sulfonamides is 1. The fraction of sp³-hybridized carbons (Fsp3) is 0.273. The van der Waals surface area contributed by atoms with Crippen molar-refractivity contribution in [2.45, 2.75) is 38.1 Å². The third-order valence-electron chi connectivity index (χ3n) is 4.71. The highest BCUT2D eigenvalue weighted by atomic mass is 32.2. The van der Waals surface area contributed by atoms with Crippen LogP contribution in [0.3, 0.4) is 0 Å². The molecule has 31 heavy (non-hydrogen) atoms. The number of aromatic amines is 2. The second kappa shape index (κ2) is 9.32. The number of H-pyrrole nitrogens is 2. The van der Waals surface area contributed by atoms with Gasteiger partial charge in [0, 0.05) is 11.8 Å². The van der Waals surface area contributed by atoms with Crippen LogP contribution in [0, 0.1) is 12.8 Å². The van der Waals surface area contributed by atoms with E-state index < -0.39 is 22.0 Å². The zero-order chi connectivity index (χ0) is 22.6. The van der Waals surface area contributed by atoms with Gasteiger partial charge in [0.15, 0.2) is 0 Å². The van der Waals surface area contributed by atoms with Crippen molar-refractivity contribution in [2.24, 2.45) is 5.92 Å². The van der Waals surface area contributed by atoms with E-state index in [1.807, 2.05) is 20.8 Å². The van der Waals surface area contributed by atoms with Crippen LogP contribution in [0.15, 0.2) is 64.3 Å². The molecule has 8 nitrogen and oxygen atoms in total. The Morgan fingerprint density at radius 3 is 2.19 bits per heavy atom. The van der Waals surface area contributed by atoms with Crippen LogP contribution in [0.1, 0.15) is 25.8 Å². The topological polar surface area (TPSA) is 124 Å². The lowest BCUT2D eigenvalue weighted by molar-refractivity contribution is -0.118. The smallest absolute Gasteiger partial charge is 0.264 e. The Bertz CT molecular complexity index is 1190. The number of aromatic nitrogens is 2. The zero-order valence-electron chi connectivity index (χ0n) is 17.6. The van der Waals surface area contributed by atoms with Gasteiger partial charge in [0.25, 0.3) is 5.56 Å². The van der Waals surface area contributed by atoms with E-state index in [0.29, 0.717) is 17.8 Å². The number of hydrogen-bond acceptors (Lipinski definition) is 4. The van der Waals surface area contributed by atoms with Crippen molar-refractivity contribution in [1.29, 1.82) is 0 Å². The molecule has 1 atom stereocenters. The number of rotatable bonds is 8. The van der Waals surface area contributed by atoms with Crippen LogP contribution in [0.5, 0.6) is 0 Å². The predicted octanol–water partition coefficient (Wildman–Crippen LogP) is 3.01. The minimum atomic E-state index is -3.85. The number of benzene rings is 2. The highest BCUT2D eigenvalue weighted by molar-refractivity contribution is 7.89. The number of anilines is 1. The van der Waals surface area contributed by atoms with Crippen molar-refractivity contribution < 1.29 is 13.2 Å². The third kappa shape index (κ3) is 5.93. The van der Waals surface area contributed by atoms with Crippen molar-refractivity contribution in [2.75, 3.05) is 5.32 Å². The van der Waals surface area contributed by atoms with E-state index in [2.05, 4.69) is 20.2 Å². The number of nitrogens with one attached hydrogen (secondary N) is 4. The first-order chi connectivity index (χ1) is 14.6. The van der Waals surface area contributed by atoms with E-state index in [1.165, 1.54) is 18.2 Å². The number of carbonyl (C=O) groups excluding carboxylic acids is 1. The van der Waals surface area contributed by atoms with Gasteiger partial charge in [-0.3, -0.25) is 19.8 Å². The first kappa shape index (κ1) is 22.5. The Kier molecular flexibility index (Phi) is 6.77. The van der Waals surface area contributed by atoms with E-state index in [-0.39, 0.29) is 16.4 Å². The van der Waals surface area contributed by atoms with E-state index >= 15 is 0 Å². The summed E-state index contributed by atoms with van der Waals surface area (Å²) in [6.45, 7) is 5.72. The molecule has 0 saturated carbocycles. The standard InChI is InChI=1S/C22H26N4O4S/c1-14(2)12-20(26-31(29,30)18-10-4-15(3)5-11-18)22(28)23-17-8-6-16(7-9-17)19-13-21(27)25-24-19/h4-11,13-14,20,26H,12H2,1-3H3,(H,23,28)(H2,24,25,27). The summed E-state index contributed by atoms with van der Waals surface area (Å²) in [5.74, 6) is -0.337. The summed E-state index contributed by atoms with van der Waals surface area (Å²) in [4.78, 5) is 24.3. The van der Waals surface area contributed by atoms with Gasteiger partial charge in [-0.2, -0.15) is 4.72 Å². The summed E-state index contributed by atoms with van der Waals surface area (Å²) < 4.78 is 28.1. The van der Waals surface area contributed by atoms with Gasteiger partial charge in [-0.1, -0.05) is 43.7 Å². The van der Waals surface area contributed by atoms with Gasteiger partial charge < -0.3 is 5.32 Å². The van der Waals surface area contributed by atoms with Gasteiger partial charge in [-0.15, -0.1) is 0 Å². The average Bonchev–Trinajstić information content (AvgIpc) is 3.14. The second-order valence-corrected chi connectivity index (χ2v) is 9.57. The van der Waals surface area contributed by atoms with Crippen LogP contribution in [-0.2, 0) is 14.8 Å². The van der Waals surface area contributed by atoms with Crippen LogP contribution >= 0.6 is 0 Å². The molecule has 4 N–H and O–H groups in total. The Hall–Kier alpha value is -3.17. The molecule has 1 amide bonds. The fourth-order valence-electron chi connectivity index (χ4n) is 3.10. The summed E-state index contributed by atoms with van der Waals surface area (Å²) in [6.07, 6.45) is 0.347. The number of amides is 1. The Labute approximate surface area is 181 Å². The summed E-state index contributed by atoms with van der Waals surface area (Å²) >= 11 is 0. The highest BCUT2D eigenvalue weighted by Gasteiger charge is 2.26. The maximum absolute atomic E-state index is 12.9. The molecule has 0 spiro atoms. The lowest BCUT2D eigenvalue weighted by Crippen LogP contribution is -2.44. The van der Waals surface area contributed by atoms with E-state index in [0.717, 1.165) is 11.1 Å². The predicted molar refractivity (Wildman–Crippen MR) is 120 cm³/mol. The van der Waals surface area contributed by atoms with Gasteiger partial charge in [0.05, 0.1) is 10.6 Å². The van der Waals surface area contributed by atoms with Crippen LogP contribution in [0.25, 0.3) is 11.3 Å². The molecule has 1 heterocycles. The van der Waals surface area contributed by atoms with Gasteiger partial charge in [0.1, 0.15) is 6.04 Å². The van der Waals surface area contributed by atoms with Crippen LogP contribution in [-0.4, -0.2) is 30.6 Å². The lowest BCUT2D eigenvalue weighted by Gasteiger charge is -2.20. The molecule has 0 aliphatic heterocycles. The molecule has 3 aromatic rings. The molecule has 0 aliphatic rings. The van der Waals surface area contributed by atoms with Crippen molar-refractivity contribution in [3.63, 3.8) is 0 Å². The van der Waals surface area contributed by atoms with Gasteiger partial charge in [0.2, 0.25) is 15.9 Å². The maximum Gasteiger partial charge on any atom is 0.264 e. The molecule has 1 unspecified atom stereocenters. The van der Waals surface area contributed by atoms with E-state index in [4.69, 9.17) is 0 Å².